The van der Waals surface area contributed by atoms with Gasteiger partial charge >= 0.3 is 18.0 Å². The average Bonchev–Trinajstić information content (AvgIpc) is 3.04. The normalized spacial score (nSPS) is 27.3. The summed E-state index contributed by atoms with van der Waals surface area (Å²) in [6, 6.07) is -1.28. The molecule has 3 atom stereocenters. The van der Waals surface area contributed by atoms with Crippen LogP contribution < -0.4 is 5.32 Å². The lowest BCUT2D eigenvalue weighted by atomic mass is 10.0. The quantitative estimate of drug-likeness (QED) is 0.224. The molecule has 3 heterocycles. The van der Waals surface area contributed by atoms with Crippen molar-refractivity contribution in [2.75, 3.05) is 19.8 Å². The summed E-state index contributed by atoms with van der Waals surface area (Å²) in [6.45, 7) is 1.12. The molecule has 0 aliphatic carbocycles. The van der Waals surface area contributed by atoms with Gasteiger partial charge in [-0.15, -0.1) is 0 Å². The summed E-state index contributed by atoms with van der Waals surface area (Å²) in [6.07, 6.45) is 0.0386. The number of aliphatic hydroxyl groups is 1. The summed E-state index contributed by atoms with van der Waals surface area (Å²) in [4.78, 5) is 40.4. The number of carbonyl (C=O) groups is 3. The first-order valence-corrected chi connectivity index (χ1v) is 8.19. The fourth-order valence-electron chi connectivity index (χ4n) is 3.03. The Morgan fingerprint density at radius 2 is 2.33 bits per heavy atom. The lowest BCUT2D eigenvalue weighted by Gasteiger charge is -2.33. The van der Waals surface area contributed by atoms with E-state index in [4.69, 9.17) is 19.7 Å². The molecule has 3 aliphatic rings. The number of fused-ring (bicyclic) bond motifs is 1. The first kappa shape index (κ1) is 18.7. The molecule has 0 aromatic heterocycles. The van der Waals surface area contributed by atoms with E-state index in [0.717, 1.165) is 0 Å². The van der Waals surface area contributed by atoms with Crippen molar-refractivity contribution in [2.45, 2.75) is 31.7 Å². The number of hydrogen-bond acceptors (Lipinski definition) is 8. The van der Waals surface area contributed by atoms with E-state index in [1.165, 1.54) is 11.1 Å². The van der Waals surface area contributed by atoms with Gasteiger partial charge in [-0.2, -0.15) is 0 Å². The van der Waals surface area contributed by atoms with Crippen molar-refractivity contribution in [1.29, 1.82) is 0 Å². The van der Waals surface area contributed by atoms with Gasteiger partial charge in [-0.1, -0.05) is 5.11 Å². The first-order valence-electron chi connectivity index (χ1n) is 8.19. The SMILES string of the molecule is CCOC(=O)C1=C2NC(=O)N([C@H]3C[C@H](N=[N+]=[N-])[C@@H](CO)O3)C=C2COC1=O. The number of esters is 2. The number of urea groups is 1. The molecule has 144 valence electrons. The maximum absolute atomic E-state index is 12.5. The van der Waals surface area contributed by atoms with Gasteiger partial charge in [-0.3, -0.25) is 4.90 Å². The van der Waals surface area contributed by atoms with E-state index in [9.17, 15) is 19.5 Å². The highest BCUT2D eigenvalue weighted by atomic mass is 16.6. The van der Waals surface area contributed by atoms with Gasteiger partial charge in [0.2, 0.25) is 0 Å². The van der Waals surface area contributed by atoms with E-state index < -0.39 is 36.3 Å². The van der Waals surface area contributed by atoms with Crippen LogP contribution in [0.5, 0.6) is 0 Å². The van der Waals surface area contributed by atoms with Crippen LogP contribution in [0.4, 0.5) is 4.79 Å². The number of carbonyl (C=O) groups excluding carboxylic acids is 3. The zero-order valence-electron chi connectivity index (χ0n) is 14.3. The van der Waals surface area contributed by atoms with Crippen molar-refractivity contribution in [3.63, 3.8) is 0 Å². The molecule has 3 aliphatic heterocycles. The minimum atomic E-state index is -0.891. The van der Waals surface area contributed by atoms with Gasteiger partial charge in [0.25, 0.3) is 0 Å². The summed E-state index contributed by atoms with van der Waals surface area (Å²) in [7, 11) is 0. The zero-order chi connectivity index (χ0) is 19.6. The van der Waals surface area contributed by atoms with Crippen LogP contribution >= 0.6 is 0 Å². The zero-order valence-corrected chi connectivity index (χ0v) is 14.3. The van der Waals surface area contributed by atoms with Crippen LogP contribution in [0.25, 0.3) is 10.4 Å². The highest BCUT2D eigenvalue weighted by molar-refractivity contribution is 6.16. The third-order valence-electron chi connectivity index (χ3n) is 4.27. The fraction of sp³-hybridized carbons (Fsp3) is 0.533. The van der Waals surface area contributed by atoms with Crippen LogP contribution in [0.1, 0.15) is 13.3 Å². The van der Waals surface area contributed by atoms with E-state index >= 15 is 0 Å². The third-order valence-corrected chi connectivity index (χ3v) is 4.27. The maximum Gasteiger partial charge on any atom is 0.348 e. The van der Waals surface area contributed by atoms with Gasteiger partial charge in [-0.05, 0) is 12.5 Å². The predicted molar refractivity (Wildman–Crippen MR) is 86.4 cm³/mol. The van der Waals surface area contributed by atoms with E-state index in [1.807, 2.05) is 0 Å². The minimum Gasteiger partial charge on any atom is -0.462 e. The third kappa shape index (κ3) is 3.45. The van der Waals surface area contributed by atoms with E-state index in [-0.39, 0.29) is 37.5 Å². The van der Waals surface area contributed by atoms with Crippen molar-refractivity contribution in [3.05, 3.63) is 33.5 Å². The molecule has 0 saturated carbocycles. The lowest BCUT2D eigenvalue weighted by molar-refractivity contribution is -0.147. The average molecular weight is 379 g/mol. The Labute approximate surface area is 153 Å². The molecule has 0 bridgehead atoms. The number of rotatable bonds is 5. The van der Waals surface area contributed by atoms with Gasteiger partial charge in [-0.25, -0.2) is 14.4 Å². The van der Waals surface area contributed by atoms with Crippen LogP contribution in [0, 0.1) is 0 Å². The standard InChI is InChI=1S/C15H17N5O7/c1-2-25-13(22)11-12-7(6-26-14(11)23)4-20(15(24)17-12)10-3-8(18-19-16)9(5-21)27-10/h4,8-10,21H,2-3,5-6H2,1H3,(H,17,24)/t8-,9+,10+/m0/s1. The van der Waals surface area contributed by atoms with E-state index in [0.29, 0.717) is 5.57 Å². The Balaban J connectivity index is 1.90. The Bertz CT molecular complexity index is 785. The minimum absolute atomic E-state index is 0.0363. The predicted octanol–water partition coefficient (Wildman–Crippen LogP) is 0.0557. The van der Waals surface area contributed by atoms with Gasteiger partial charge in [0.15, 0.2) is 5.57 Å². The summed E-state index contributed by atoms with van der Waals surface area (Å²) >= 11 is 0. The second-order valence-corrected chi connectivity index (χ2v) is 5.86. The highest BCUT2D eigenvalue weighted by Gasteiger charge is 2.42. The van der Waals surface area contributed by atoms with Crippen molar-refractivity contribution < 1.29 is 33.7 Å². The Kier molecular flexibility index (Phi) is 5.31. The van der Waals surface area contributed by atoms with Gasteiger partial charge in [0.05, 0.1) is 31.1 Å². The second kappa shape index (κ2) is 7.66. The molecule has 27 heavy (non-hydrogen) atoms. The van der Waals surface area contributed by atoms with E-state index in [1.54, 1.807) is 6.92 Å². The Hall–Kier alpha value is -3.08. The number of cyclic esters (lactones) is 1. The molecular weight excluding hydrogens is 362 g/mol. The van der Waals surface area contributed by atoms with Crippen LogP contribution in [-0.2, 0) is 23.8 Å². The molecular formula is C15H17N5O7. The molecule has 12 heteroatoms. The summed E-state index contributed by atoms with van der Waals surface area (Å²) in [5.41, 5.74) is 8.65. The fourth-order valence-corrected chi connectivity index (χ4v) is 3.03. The number of nitrogens with zero attached hydrogens (tertiary/aromatic N) is 4. The van der Waals surface area contributed by atoms with Crippen LogP contribution in [0.15, 0.2) is 28.2 Å². The monoisotopic (exact) mass is 379 g/mol. The summed E-state index contributed by atoms with van der Waals surface area (Å²) < 4.78 is 15.4. The van der Waals surface area contributed by atoms with Crippen LogP contribution in [0.3, 0.4) is 0 Å². The molecule has 0 radical (unpaired) electrons. The lowest BCUT2D eigenvalue weighted by Crippen LogP contribution is -2.49. The van der Waals surface area contributed by atoms with E-state index in [2.05, 4.69) is 15.3 Å². The molecule has 2 amide bonds. The van der Waals surface area contributed by atoms with Crippen molar-refractivity contribution in [1.82, 2.24) is 10.2 Å². The molecule has 0 aromatic carbocycles. The molecule has 0 spiro atoms. The number of ether oxygens (including phenoxy) is 3. The first-order chi connectivity index (χ1) is 13.0. The molecule has 2 N–H and O–H groups in total. The molecule has 12 nitrogen and oxygen atoms in total. The summed E-state index contributed by atoms with van der Waals surface area (Å²) in [5.74, 6) is -1.77. The molecule has 0 aromatic rings. The number of aliphatic hydroxyl groups excluding tert-OH is 1. The molecule has 1 fully saturated rings. The largest absolute Gasteiger partial charge is 0.462 e. The second-order valence-electron chi connectivity index (χ2n) is 5.86. The number of nitrogens with one attached hydrogen (secondary N) is 1. The Morgan fingerprint density at radius 3 is 3.00 bits per heavy atom. The number of hydrogen-bond donors (Lipinski definition) is 2. The van der Waals surface area contributed by atoms with Crippen LogP contribution in [-0.4, -0.2) is 66.2 Å². The van der Waals surface area contributed by atoms with Crippen molar-refractivity contribution >= 4 is 18.0 Å². The number of azide groups is 1. The smallest absolute Gasteiger partial charge is 0.348 e. The Morgan fingerprint density at radius 1 is 1.56 bits per heavy atom. The molecule has 1 saturated heterocycles. The number of amides is 2. The van der Waals surface area contributed by atoms with Gasteiger partial charge in [0.1, 0.15) is 12.8 Å². The maximum atomic E-state index is 12.5. The highest BCUT2D eigenvalue weighted by Crippen LogP contribution is 2.31. The summed E-state index contributed by atoms with van der Waals surface area (Å²) in [5, 5.41) is 15.4. The van der Waals surface area contributed by atoms with Crippen LogP contribution in [0.2, 0.25) is 0 Å². The molecule has 0 unspecified atom stereocenters. The van der Waals surface area contributed by atoms with Crippen molar-refractivity contribution in [3.8, 4) is 0 Å². The topological polar surface area (TPSA) is 163 Å². The van der Waals surface area contributed by atoms with Gasteiger partial charge in [0, 0.05) is 23.1 Å². The van der Waals surface area contributed by atoms with Gasteiger partial charge < -0.3 is 24.6 Å². The molecule has 3 rings (SSSR count). The van der Waals surface area contributed by atoms with Crippen molar-refractivity contribution in [2.24, 2.45) is 5.11 Å².